The van der Waals surface area contributed by atoms with Crippen molar-refractivity contribution >= 4 is 39.4 Å². The molecule has 5 rings (SSSR count). The number of aromatic nitrogens is 5. The smallest absolute Gasteiger partial charge is 0.451 e. The van der Waals surface area contributed by atoms with E-state index in [4.69, 9.17) is 14.7 Å². The molecule has 38 heavy (non-hydrogen) atoms. The summed E-state index contributed by atoms with van der Waals surface area (Å²) in [6.07, 6.45) is -2.55. The van der Waals surface area contributed by atoms with E-state index >= 15 is 0 Å². The summed E-state index contributed by atoms with van der Waals surface area (Å²) >= 11 is 1.59. The standard InChI is InChI=1S/C23H29F3N8O3S/c1-3-4-15-11-16-18(31-7-8-34-17(13-31)29-30-20(34)23(24,25)26)27-21(28-19(16)38-15)32-6-5-14(12-32)33(9-10-35)22(36)37-2/h11,14,35H,3-10,12-13H2,1-2H3. The van der Waals surface area contributed by atoms with E-state index in [1.54, 1.807) is 11.3 Å². The molecule has 0 aromatic carbocycles. The van der Waals surface area contributed by atoms with Gasteiger partial charge in [-0.3, -0.25) is 0 Å². The van der Waals surface area contributed by atoms with Gasteiger partial charge in [0.25, 0.3) is 0 Å². The molecule has 3 aromatic rings. The molecule has 2 aliphatic heterocycles. The van der Waals surface area contributed by atoms with Crippen LogP contribution in [0, 0.1) is 0 Å². The quantitative estimate of drug-likeness (QED) is 0.471. The Morgan fingerprint density at radius 3 is 2.76 bits per heavy atom. The van der Waals surface area contributed by atoms with Gasteiger partial charge >= 0.3 is 12.3 Å². The molecule has 1 N–H and O–H groups in total. The lowest BCUT2D eigenvalue weighted by Crippen LogP contribution is -2.43. The van der Waals surface area contributed by atoms with Gasteiger partial charge in [-0.1, -0.05) is 13.3 Å². The van der Waals surface area contributed by atoms with E-state index in [0.717, 1.165) is 32.5 Å². The molecule has 1 amide bonds. The average Bonchev–Trinajstić information content (AvgIpc) is 3.63. The first-order chi connectivity index (χ1) is 18.2. The lowest BCUT2D eigenvalue weighted by Gasteiger charge is -2.30. The number of rotatable bonds is 7. The number of ether oxygens (including phenoxy) is 1. The van der Waals surface area contributed by atoms with Crippen LogP contribution in [0.2, 0.25) is 0 Å². The molecular formula is C23H29F3N8O3S. The highest BCUT2D eigenvalue weighted by Crippen LogP contribution is 2.36. The van der Waals surface area contributed by atoms with E-state index in [2.05, 4.69) is 23.2 Å². The van der Waals surface area contributed by atoms with Gasteiger partial charge in [0, 0.05) is 37.6 Å². The van der Waals surface area contributed by atoms with Gasteiger partial charge < -0.3 is 29.1 Å². The number of carbonyl (C=O) groups is 1. The zero-order valence-electron chi connectivity index (χ0n) is 21.1. The van der Waals surface area contributed by atoms with Gasteiger partial charge in [-0.25, -0.2) is 9.78 Å². The van der Waals surface area contributed by atoms with Crippen LogP contribution in [0.4, 0.5) is 29.7 Å². The third-order valence-electron chi connectivity index (χ3n) is 6.85. The Kier molecular flexibility index (Phi) is 7.31. The van der Waals surface area contributed by atoms with Crippen LogP contribution in [0.15, 0.2) is 6.07 Å². The number of thiophene rings is 1. The lowest BCUT2D eigenvalue weighted by molar-refractivity contribution is -0.147. The molecule has 0 radical (unpaired) electrons. The fourth-order valence-electron chi connectivity index (χ4n) is 5.07. The van der Waals surface area contributed by atoms with Gasteiger partial charge in [-0.15, -0.1) is 21.5 Å². The molecule has 11 nitrogen and oxygen atoms in total. The van der Waals surface area contributed by atoms with Crippen LogP contribution >= 0.6 is 11.3 Å². The topological polar surface area (TPSA) is 113 Å². The molecule has 1 fully saturated rings. The molecule has 3 aromatic heterocycles. The van der Waals surface area contributed by atoms with Crippen molar-refractivity contribution in [2.75, 3.05) is 49.7 Å². The molecule has 206 valence electrons. The van der Waals surface area contributed by atoms with E-state index in [1.807, 2.05) is 9.80 Å². The summed E-state index contributed by atoms with van der Waals surface area (Å²) in [7, 11) is 1.31. The highest BCUT2D eigenvalue weighted by atomic mass is 32.1. The average molecular weight is 555 g/mol. The van der Waals surface area contributed by atoms with Crippen molar-refractivity contribution < 1.29 is 27.8 Å². The lowest BCUT2D eigenvalue weighted by atomic mass is 10.2. The summed E-state index contributed by atoms with van der Waals surface area (Å²) in [5.74, 6) is 0.397. The van der Waals surface area contributed by atoms with E-state index in [9.17, 15) is 23.1 Å². The molecule has 0 aliphatic carbocycles. The molecule has 5 heterocycles. The van der Waals surface area contributed by atoms with Gasteiger partial charge in [0.2, 0.25) is 11.8 Å². The van der Waals surface area contributed by atoms with Crippen molar-refractivity contribution in [3.8, 4) is 0 Å². The summed E-state index contributed by atoms with van der Waals surface area (Å²) in [5.41, 5.74) is 0. The number of alkyl halides is 3. The maximum Gasteiger partial charge on any atom is 0.451 e. The monoisotopic (exact) mass is 554 g/mol. The maximum atomic E-state index is 13.3. The van der Waals surface area contributed by atoms with Crippen molar-refractivity contribution in [3.05, 3.63) is 22.6 Å². The fraction of sp³-hybridized carbons (Fsp3) is 0.609. The van der Waals surface area contributed by atoms with Crippen molar-refractivity contribution in [2.24, 2.45) is 0 Å². The Hall–Kier alpha value is -3.20. The van der Waals surface area contributed by atoms with Crippen LogP contribution in [-0.2, 0) is 30.4 Å². The molecule has 15 heteroatoms. The third-order valence-corrected chi connectivity index (χ3v) is 7.94. The number of halogens is 3. The summed E-state index contributed by atoms with van der Waals surface area (Å²) in [6.45, 7) is 3.70. The molecule has 0 spiro atoms. The highest BCUT2D eigenvalue weighted by Gasteiger charge is 2.40. The van der Waals surface area contributed by atoms with Crippen LogP contribution in [-0.4, -0.2) is 86.8 Å². The zero-order valence-corrected chi connectivity index (χ0v) is 21.9. The molecule has 1 unspecified atom stereocenters. The van der Waals surface area contributed by atoms with Gasteiger partial charge in [0.15, 0.2) is 5.82 Å². The van der Waals surface area contributed by atoms with Crippen molar-refractivity contribution in [1.82, 2.24) is 29.6 Å². The minimum absolute atomic E-state index is 0.0883. The van der Waals surface area contributed by atoms with Gasteiger partial charge in [-0.05, 0) is 18.9 Å². The Bertz CT molecular complexity index is 1310. The minimum atomic E-state index is -4.56. The number of amides is 1. The van der Waals surface area contributed by atoms with E-state index < -0.39 is 18.1 Å². The van der Waals surface area contributed by atoms with Crippen LogP contribution in [0.3, 0.4) is 0 Å². The zero-order chi connectivity index (χ0) is 27.0. The number of aliphatic hydroxyl groups is 1. The summed E-state index contributed by atoms with van der Waals surface area (Å²) in [5, 5.41) is 17.5. The molecule has 0 bridgehead atoms. The van der Waals surface area contributed by atoms with Crippen molar-refractivity contribution in [2.45, 2.75) is 51.5 Å². The SMILES string of the molecule is CCCc1cc2c(N3CCn4c(nnc4C(F)(F)F)C3)nc(N3CCC(N(CCO)C(=O)OC)C3)nc2s1. The predicted octanol–water partition coefficient (Wildman–Crippen LogP) is 2.91. The number of carbonyl (C=O) groups excluding carboxylic acids is 1. The Labute approximate surface area is 220 Å². The normalized spacial score (nSPS) is 17.8. The number of nitrogens with zero attached hydrogens (tertiary/aromatic N) is 8. The van der Waals surface area contributed by atoms with Crippen molar-refractivity contribution in [1.29, 1.82) is 0 Å². The fourth-order valence-corrected chi connectivity index (χ4v) is 6.19. The Balaban J connectivity index is 1.47. The van der Waals surface area contributed by atoms with Gasteiger partial charge in [0.1, 0.15) is 10.6 Å². The molecule has 2 aliphatic rings. The highest BCUT2D eigenvalue weighted by molar-refractivity contribution is 7.18. The van der Waals surface area contributed by atoms with E-state index in [0.29, 0.717) is 37.8 Å². The molecule has 0 saturated carbocycles. The number of anilines is 2. The second kappa shape index (κ2) is 10.5. The Morgan fingerprint density at radius 2 is 2.05 bits per heavy atom. The van der Waals surface area contributed by atoms with E-state index in [1.165, 1.54) is 12.0 Å². The summed E-state index contributed by atoms with van der Waals surface area (Å²) in [6, 6.07) is 1.89. The predicted molar refractivity (Wildman–Crippen MR) is 134 cm³/mol. The molecule has 1 saturated heterocycles. The first-order valence-electron chi connectivity index (χ1n) is 12.5. The summed E-state index contributed by atoms with van der Waals surface area (Å²) < 4.78 is 46.0. The third kappa shape index (κ3) is 4.96. The van der Waals surface area contributed by atoms with Crippen molar-refractivity contribution in [3.63, 3.8) is 0 Å². The largest absolute Gasteiger partial charge is 0.453 e. The minimum Gasteiger partial charge on any atom is -0.453 e. The number of aliphatic hydroxyl groups excluding tert-OH is 1. The second-order valence-electron chi connectivity index (χ2n) is 9.32. The first kappa shape index (κ1) is 26.4. The number of methoxy groups -OCH3 is 1. The molecular weight excluding hydrogens is 525 g/mol. The number of hydrogen-bond acceptors (Lipinski definition) is 10. The van der Waals surface area contributed by atoms with Gasteiger partial charge in [0.05, 0.1) is 31.7 Å². The number of aryl methyl sites for hydroxylation is 1. The molecule has 1 atom stereocenters. The first-order valence-corrected chi connectivity index (χ1v) is 13.3. The number of fused-ring (bicyclic) bond motifs is 2. The summed E-state index contributed by atoms with van der Waals surface area (Å²) in [4.78, 5) is 29.4. The Morgan fingerprint density at radius 1 is 1.24 bits per heavy atom. The van der Waals surface area contributed by atoms with Crippen LogP contribution in [0.1, 0.15) is 36.3 Å². The van der Waals surface area contributed by atoms with Crippen LogP contribution in [0.25, 0.3) is 10.2 Å². The van der Waals surface area contributed by atoms with E-state index in [-0.39, 0.29) is 38.1 Å². The second-order valence-corrected chi connectivity index (χ2v) is 10.4. The van der Waals surface area contributed by atoms with Crippen LogP contribution in [0.5, 0.6) is 0 Å². The number of hydrogen-bond donors (Lipinski definition) is 1. The van der Waals surface area contributed by atoms with Gasteiger partial charge in [-0.2, -0.15) is 18.2 Å². The van der Waals surface area contributed by atoms with Crippen LogP contribution < -0.4 is 9.80 Å². The maximum absolute atomic E-state index is 13.3.